The van der Waals surface area contributed by atoms with Gasteiger partial charge in [-0.15, -0.1) is 0 Å². The van der Waals surface area contributed by atoms with E-state index in [2.05, 4.69) is 10.6 Å². The second-order valence-corrected chi connectivity index (χ2v) is 4.28. The molecule has 20 heavy (non-hydrogen) atoms. The summed E-state index contributed by atoms with van der Waals surface area (Å²) in [4.78, 5) is 11.8. The van der Waals surface area contributed by atoms with Gasteiger partial charge in [-0.2, -0.15) is 10.5 Å². The van der Waals surface area contributed by atoms with Gasteiger partial charge < -0.3 is 10.6 Å². The minimum absolute atomic E-state index is 0.0501. The molecule has 0 bridgehead atoms. The van der Waals surface area contributed by atoms with Crippen LogP contribution < -0.4 is 10.6 Å². The number of carbonyl (C=O) groups is 1. The Morgan fingerprint density at radius 2 is 2.10 bits per heavy atom. The van der Waals surface area contributed by atoms with Crippen LogP contribution in [0.4, 0.5) is 5.69 Å². The van der Waals surface area contributed by atoms with Gasteiger partial charge in [-0.25, -0.2) is 0 Å². The number of benzene rings is 1. The highest BCUT2D eigenvalue weighted by Gasteiger charge is 2.09. The van der Waals surface area contributed by atoms with Crippen LogP contribution in [0.15, 0.2) is 30.0 Å². The summed E-state index contributed by atoms with van der Waals surface area (Å²) < 4.78 is 0. The lowest BCUT2D eigenvalue weighted by molar-refractivity contribution is 0.0954. The van der Waals surface area contributed by atoms with Gasteiger partial charge in [0.1, 0.15) is 17.7 Å². The van der Waals surface area contributed by atoms with E-state index in [1.165, 1.54) is 6.20 Å². The van der Waals surface area contributed by atoms with Crippen LogP contribution in [0.2, 0.25) is 5.02 Å². The van der Waals surface area contributed by atoms with Crippen molar-refractivity contribution >= 4 is 23.2 Å². The van der Waals surface area contributed by atoms with Crippen LogP contribution in [-0.4, -0.2) is 12.5 Å². The molecule has 1 aromatic rings. The van der Waals surface area contributed by atoms with E-state index in [0.29, 0.717) is 22.8 Å². The van der Waals surface area contributed by atoms with Crippen LogP contribution >= 0.6 is 11.6 Å². The third-order valence-electron chi connectivity index (χ3n) is 2.37. The van der Waals surface area contributed by atoms with Crippen LogP contribution in [0.3, 0.4) is 0 Å². The van der Waals surface area contributed by atoms with Crippen molar-refractivity contribution in [3.05, 3.63) is 40.6 Å². The fourth-order valence-corrected chi connectivity index (χ4v) is 1.63. The summed E-state index contributed by atoms with van der Waals surface area (Å²) in [6, 6.07) is 8.25. The summed E-state index contributed by atoms with van der Waals surface area (Å²) in [6.45, 7) is 2.55. The molecule has 0 aliphatic heterocycles. The first kappa shape index (κ1) is 15.6. The summed E-state index contributed by atoms with van der Waals surface area (Å²) in [6.07, 6.45) is 2.13. The molecular formula is C14H13ClN4O. The molecule has 0 aromatic heterocycles. The molecule has 0 aliphatic rings. The zero-order valence-electron chi connectivity index (χ0n) is 10.9. The largest absolute Gasteiger partial charge is 0.360 e. The maximum atomic E-state index is 11.8. The summed E-state index contributed by atoms with van der Waals surface area (Å²) >= 11 is 6.03. The van der Waals surface area contributed by atoms with Crippen molar-refractivity contribution in [2.75, 3.05) is 11.9 Å². The van der Waals surface area contributed by atoms with Gasteiger partial charge in [0.25, 0.3) is 5.91 Å². The number of allylic oxidation sites excluding steroid dienone is 1. The number of anilines is 1. The molecular weight excluding hydrogens is 276 g/mol. The van der Waals surface area contributed by atoms with Crippen molar-refractivity contribution in [2.45, 2.75) is 13.3 Å². The number of halogens is 1. The van der Waals surface area contributed by atoms with Gasteiger partial charge in [0.05, 0.1) is 10.6 Å². The van der Waals surface area contributed by atoms with Gasteiger partial charge in [-0.1, -0.05) is 18.5 Å². The van der Waals surface area contributed by atoms with E-state index in [1.807, 2.05) is 6.92 Å². The predicted octanol–water partition coefficient (Wildman–Crippen LogP) is 2.82. The fourth-order valence-electron chi connectivity index (χ4n) is 1.37. The normalized spacial score (nSPS) is 9.00. The van der Waals surface area contributed by atoms with Crippen LogP contribution in [0, 0.1) is 22.7 Å². The first-order valence-corrected chi connectivity index (χ1v) is 6.34. The Morgan fingerprint density at radius 1 is 1.40 bits per heavy atom. The molecule has 0 aliphatic carbocycles. The van der Waals surface area contributed by atoms with Gasteiger partial charge in [0.2, 0.25) is 0 Å². The number of rotatable bonds is 5. The molecule has 1 rings (SSSR count). The van der Waals surface area contributed by atoms with Crippen molar-refractivity contribution in [2.24, 2.45) is 0 Å². The van der Waals surface area contributed by atoms with Crippen molar-refractivity contribution in [1.82, 2.24) is 5.32 Å². The molecule has 0 saturated carbocycles. The number of carbonyl (C=O) groups excluding carboxylic acids is 1. The van der Waals surface area contributed by atoms with Crippen LogP contribution in [0.5, 0.6) is 0 Å². The van der Waals surface area contributed by atoms with Crippen LogP contribution in [0.25, 0.3) is 0 Å². The van der Waals surface area contributed by atoms with Gasteiger partial charge in [0.15, 0.2) is 0 Å². The lowest BCUT2D eigenvalue weighted by Crippen LogP contribution is -2.24. The fraction of sp³-hybridized carbons (Fsp3) is 0.214. The van der Waals surface area contributed by atoms with Crippen molar-refractivity contribution in [3.63, 3.8) is 0 Å². The highest BCUT2D eigenvalue weighted by Crippen LogP contribution is 2.21. The van der Waals surface area contributed by atoms with Crippen LogP contribution in [-0.2, 0) is 0 Å². The minimum atomic E-state index is -0.228. The van der Waals surface area contributed by atoms with E-state index in [4.69, 9.17) is 22.1 Å². The highest BCUT2D eigenvalue weighted by molar-refractivity contribution is 6.34. The standard InChI is InChI=1S/C14H13ClN4O/c1-2-5-18-14(20)12-4-3-11(6-13(12)15)19-9-10(7-16)8-17/h3-4,6,9,19H,2,5H2,1H3,(H,18,20). The quantitative estimate of drug-likeness (QED) is 0.815. The average molecular weight is 289 g/mol. The zero-order chi connectivity index (χ0) is 15.0. The third-order valence-corrected chi connectivity index (χ3v) is 2.69. The molecule has 0 heterocycles. The molecule has 1 amide bonds. The Kier molecular flexibility index (Phi) is 6.09. The van der Waals surface area contributed by atoms with E-state index in [9.17, 15) is 4.79 Å². The van der Waals surface area contributed by atoms with Gasteiger partial charge >= 0.3 is 0 Å². The molecule has 6 heteroatoms. The Morgan fingerprint density at radius 3 is 2.65 bits per heavy atom. The first-order chi connectivity index (χ1) is 9.62. The molecule has 5 nitrogen and oxygen atoms in total. The Hall–Kier alpha value is -2.50. The summed E-state index contributed by atoms with van der Waals surface area (Å²) in [5.41, 5.74) is 0.923. The van der Waals surface area contributed by atoms with Gasteiger partial charge in [-0.3, -0.25) is 4.79 Å². The zero-order valence-corrected chi connectivity index (χ0v) is 11.7. The van der Waals surface area contributed by atoms with Gasteiger partial charge in [-0.05, 0) is 24.6 Å². The predicted molar refractivity (Wildman–Crippen MR) is 77.0 cm³/mol. The lowest BCUT2D eigenvalue weighted by Gasteiger charge is -2.07. The maximum Gasteiger partial charge on any atom is 0.252 e. The number of nitriles is 2. The molecule has 1 aromatic carbocycles. The number of hydrogen-bond acceptors (Lipinski definition) is 4. The minimum Gasteiger partial charge on any atom is -0.360 e. The van der Waals surface area contributed by atoms with Crippen molar-refractivity contribution < 1.29 is 4.79 Å². The second kappa shape index (κ2) is 7.83. The number of amides is 1. The Balaban J connectivity index is 2.84. The number of nitrogens with zero attached hydrogens (tertiary/aromatic N) is 2. The molecule has 0 fully saturated rings. The second-order valence-electron chi connectivity index (χ2n) is 3.88. The monoisotopic (exact) mass is 288 g/mol. The molecule has 102 valence electrons. The van der Waals surface area contributed by atoms with Crippen molar-refractivity contribution in [3.8, 4) is 12.1 Å². The topological polar surface area (TPSA) is 88.7 Å². The smallest absolute Gasteiger partial charge is 0.252 e. The van der Waals surface area contributed by atoms with E-state index in [1.54, 1.807) is 30.3 Å². The van der Waals surface area contributed by atoms with E-state index in [-0.39, 0.29) is 11.5 Å². The summed E-state index contributed by atoms with van der Waals surface area (Å²) in [7, 11) is 0. The molecule has 0 radical (unpaired) electrons. The molecule has 0 atom stereocenters. The van der Waals surface area contributed by atoms with E-state index in [0.717, 1.165) is 6.42 Å². The van der Waals surface area contributed by atoms with Crippen molar-refractivity contribution in [1.29, 1.82) is 10.5 Å². The molecule has 0 saturated heterocycles. The summed E-state index contributed by atoms with van der Waals surface area (Å²) in [5.74, 6) is -0.228. The SMILES string of the molecule is CCCNC(=O)c1ccc(NC=C(C#N)C#N)cc1Cl. The number of hydrogen-bond donors (Lipinski definition) is 2. The summed E-state index contributed by atoms with van der Waals surface area (Å²) in [5, 5.41) is 23.0. The average Bonchev–Trinajstić information content (AvgIpc) is 2.46. The molecule has 2 N–H and O–H groups in total. The lowest BCUT2D eigenvalue weighted by atomic mass is 10.2. The highest BCUT2D eigenvalue weighted by atomic mass is 35.5. The number of nitrogens with one attached hydrogen (secondary N) is 2. The first-order valence-electron chi connectivity index (χ1n) is 5.97. The van der Waals surface area contributed by atoms with E-state index >= 15 is 0 Å². The van der Waals surface area contributed by atoms with Crippen LogP contribution in [0.1, 0.15) is 23.7 Å². The Bertz CT molecular complexity index is 595. The molecule has 0 unspecified atom stereocenters. The Labute approximate surface area is 122 Å². The van der Waals surface area contributed by atoms with Gasteiger partial charge in [0, 0.05) is 18.4 Å². The van der Waals surface area contributed by atoms with E-state index < -0.39 is 0 Å². The molecule has 0 spiro atoms. The maximum absolute atomic E-state index is 11.8. The third kappa shape index (κ3) is 4.31.